The van der Waals surface area contributed by atoms with Crippen LogP contribution in [0.15, 0.2) is 18.2 Å². The third kappa shape index (κ3) is 4.84. The lowest BCUT2D eigenvalue weighted by Gasteiger charge is -2.26. The number of aliphatic hydroxyl groups excluding tert-OH is 1. The van der Waals surface area contributed by atoms with E-state index < -0.39 is 0 Å². The van der Waals surface area contributed by atoms with Crippen molar-refractivity contribution in [1.29, 1.82) is 0 Å². The van der Waals surface area contributed by atoms with Gasteiger partial charge in [0.15, 0.2) is 0 Å². The number of aliphatic hydroxyl groups is 1. The van der Waals surface area contributed by atoms with Crippen LogP contribution in [0.2, 0.25) is 0 Å². The minimum absolute atomic E-state index is 0.167. The van der Waals surface area contributed by atoms with Crippen molar-refractivity contribution in [3.63, 3.8) is 0 Å². The van der Waals surface area contributed by atoms with Crippen LogP contribution in [0, 0.1) is 13.8 Å². The molecule has 0 amide bonds. The molecule has 0 heterocycles. The normalized spacial score (nSPS) is 14.2. The Morgan fingerprint density at radius 1 is 1.26 bits per heavy atom. The van der Waals surface area contributed by atoms with E-state index >= 15 is 0 Å². The van der Waals surface area contributed by atoms with Gasteiger partial charge in [0.2, 0.25) is 0 Å². The van der Waals surface area contributed by atoms with E-state index in [4.69, 9.17) is 4.74 Å². The summed E-state index contributed by atoms with van der Waals surface area (Å²) in [4.78, 5) is 0. The van der Waals surface area contributed by atoms with Crippen LogP contribution in [0.1, 0.15) is 37.3 Å². The molecular formula is C16H27NO2. The number of nitrogens with one attached hydrogen (secondary N) is 1. The van der Waals surface area contributed by atoms with Crippen molar-refractivity contribution >= 4 is 0 Å². The first-order valence-electron chi connectivity index (χ1n) is 7.01. The van der Waals surface area contributed by atoms with E-state index in [1.807, 2.05) is 26.1 Å². The second kappa shape index (κ2) is 7.51. The summed E-state index contributed by atoms with van der Waals surface area (Å²) >= 11 is 0. The lowest BCUT2D eigenvalue weighted by molar-refractivity contribution is 0.168. The van der Waals surface area contributed by atoms with Crippen molar-refractivity contribution in [3.8, 4) is 5.75 Å². The first kappa shape index (κ1) is 16.0. The topological polar surface area (TPSA) is 41.5 Å². The Bertz CT molecular complexity index is 386. The number of hydrogen-bond acceptors (Lipinski definition) is 3. The van der Waals surface area contributed by atoms with E-state index in [2.05, 4.69) is 25.2 Å². The van der Waals surface area contributed by atoms with Crippen LogP contribution in [0.5, 0.6) is 5.75 Å². The van der Waals surface area contributed by atoms with Gasteiger partial charge in [0, 0.05) is 5.54 Å². The molecule has 0 aromatic heterocycles. The van der Waals surface area contributed by atoms with Crippen LogP contribution in [0.3, 0.4) is 0 Å². The average Bonchev–Trinajstić information content (AvgIpc) is 2.42. The Kier molecular flexibility index (Phi) is 6.32. The second-order valence-electron chi connectivity index (χ2n) is 5.47. The third-order valence-electron chi connectivity index (χ3n) is 3.89. The first-order chi connectivity index (χ1) is 9.02. The zero-order chi connectivity index (χ0) is 14.3. The highest BCUT2D eigenvalue weighted by Gasteiger charge is 2.19. The Hall–Kier alpha value is -1.06. The Morgan fingerprint density at radius 2 is 2.00 bits per heavy atom. The smallest absolute Gasteiger partial charge is 0.122 e. The van der Waals surface area contributed by atoms with Crippen molar-refractivity contribution in [3.05, 3.63) is 29.3 Å². The fourth-order valence-corrected chi connectivity index (χ4v) is 1.96. The molecule has 1 aromatic carbocycles. The summed E-state index contributed by atoms with van der Waals surface area (Å²) < 4.78 is 5.82. The summed E-state index contributed by atoms with van der Waals surface area (Å²) in [6.45, 7) is 7.13. The van der Waals surface area contributed by atoms with E-state index in [1.165, 1.54) is 11.1 Å². The molecule has 19 heavy (non-hydrogen) atoms. The highest BCUT2D eigenvalue weighted by Crippen LogP contribution is 2.21. The maximum absolute atomic E-state index is 9.29. The molecule has 0 fully saturated rings. The van der Waals surface area contributed by atoms with Gasteiger partial charge < -0.3 is 15.2 Å². The van der Waals surface area contributed by atoms with Gasteiger partial charge in [-0.1, -0.05) is 12.1 Å². The Labute approximate surface area is 117 Å². The number of aryl methyl sites for hydroxylation is 1. The van der Waals surface area contributed by atoms with Gasteiger partial charge in [-0.3, -0.25) is 0 Å². The van der Waals surface area contributed by atoms with Gasteiger partial charge in [0.25, 0.3) is 0 Å². The second-order valence-corrected chi connectivity index (χ2v) is 5.47. The molecule has 0 spiro atoms. The summed E-state index contributed by atoms with van der Waals surface area (Å²) in [6, 6.07) is 6.15. The van der Waals surface area contributed by atoms with Crippen molar-refractivity contribution in [2.24, 2.45) is 0 Å². The largest absolute Gasteiger partial charge is 0.493 e. The van der Waals surface area contributed by atoms with Crippen LogP contribution in [-0.4, -0.2) is 30.9 Å². The van der Waals surface area contributed by atoms with Crippen LogP contribution < -0.4 is 10.1 Å². The van der Waals surface area contributed by atoms with Crippen LogP contribution >= 0.6 is 0 Å². The van der Waals surface area contributed by atoms with E-state index in [-0.39, 0.29) is 12.1 Å². The molecule has 1 unspecified atom stereocenters. The predicted molar refractivity (Wildman–Crippen MR) is 79.8 cm³/mol. The fraction of sp³-hybridized carbons (Fsp3) is 0.625. The standard InChI is InChI=1S/C16H27NO2/c1-13-8-7-9-15(14(13)2)19-11-6-5-10-16(3,12-18)17-4/h7-9,17-18H,5-6,10-12H2,1-4H3. The molecule has 3 nitrogen and oxygen atoms in total. The molecule has 0 aliphatic rings. The predicted octanol–water partition coefficient (Wildman–Crippen LogP) is 2.82. The molecule has 0 aliphatic heterocycles. The molecule has 1 atom stereocenters. The third-order valence-corrected chi connectivity index (χ3v) is 3.89. The minimum Gasteiger partial charge on any atom is -0.493 e. The van der Waals surface area contributed by atoms with Crippen LogP contribution in [0.4, 0.5) is 0 Å². The summed E-state index contributed by atoms with van der Waals surface area (Å²) in [5, 5.41) is 12.5. The molecule has 108 valence electrons. The van der Waals surface area contributed by atoms with Crippen LogP contribution in [-0.2, 0) is 0 Å². The molecule has 2 N–H and O–H groups in total. The lowest BCUT2D eigenvalue weighted by Crippen LogP contribution is -2.43. The number of rotatable bonds is 8. The molecule has 0 bridgehead atoms. The number of unbranched alkanes of at least 4 members (excludes halogenated alkanes) is 1. The van der Waals surface area contributed by atoms with E-state index in [1.54, 1.807) is 0 Å². The molecular weight excluding hydrogens is 238 g/mol. The minimum atomic E-state index is -0.167. The monoisotopic (exact) mass is 265 g/mol. The average molecular weight is 265 g/mol. The molecule has 0 radical (unpaired) electrons. The zero-order valence-corrected chi connectivity index (χ0v) is 12.6. The van der Waals surface area contributed by atoms with E-state index in [0.717, 1.165) is 31.6 Å². The molecule has 0 saturated carbocycles. The number of likely N-dealkylation sites (N-methyl/N-ethyl adjacent to an activating group) is 1. The summed E-state index contributed by atoms with van der Waals surface area (Å²) in [5.41, 5.74) is 2.32. The fourth-order valence-electron chi connectivity index (χ4n) is 1.96. The van der Waals surface area contributed by atoms with Gasteiger partial charge in [-0.15, -0.1) is 0 Å². The van der Waals surface area contributed by atoms with Gasteiger partial charge in [-0.2, -0.15) is 0 Å². The maximum Gasteiger partial charge on any atom is 0.122 e. The highest BCUT2D eigenvalue weighted by atomic mass is 16.5. The molecule has 0 aliphatic carbocycles. The molecule has 0 saturated heterocycles. The summed E-state index contributed by atoms with van der Waals surface area (Å²) in [6.07, 6.45) is 3.00. The number of ether oxygens (including phenoxy) is 1. The first-order valence-corrected chi connectivity index (χ1v) is 7.01. The van der Waals surface area contributed by atoms with Gasteiger partial charge in [0.05, 0.1) is 13.2 Å². The lowest BCUT2D eigenvalue weighted by atomic mass is 9.96. The molecule has 1 aromatic rings. The van der Waals surface area contributed by atoms with Crippen molar-refractivity contribution in [2.45, 2.75) is 45.6 Å². The van der Waals surface area contributed by atoms with Crippen molar-refractivity contribution in [2.75, 3.05) is 20.3 Å². The molecule has 3 heteroatoms. The summed E-state index contributed by atoms with van der Waals surface area (Å²) in [5.74, 6) is 0.985. The molecule has 1 rings (SSSR count). The van der Waals surface area contributed by atoms with Gasteiger partial charge >= 0.3 is 0 Å². The Morgan fingerprint density at radius 3 is 2.63 bits per heavy atom. The quantitative estimate of drug-likeness (QED) is 0.710. The highest BCUT2D eigenvalue weighted by molar-refractivity contribution is 5.38. The number of benzene rings is 1. The number of hydrogen-bond donors (Lipinski definition) is 2. The van der Waals surface area contributed by atoms with Gasteiger partial charge in [0.1, 0.15) is 5.75 Å². The van der Waals surface area contributed by atoms with E-state index in [0.29, 0.717) is 0 Å². The summed E-state index contributed by atoms with van der Waals surface area (Å²) in [7, 11) is 1.89. The van der Waals surface area contributed by atoms with Gasteiger partial charge in [-0.05, 0) is 64.3 Å². The van der Waals surface area contributed by atoms with Crippen molar-refractivity contribution < 1.29 is 9.84 Å². The maximum atomic E-state index is 9.29. The van der Waals surface area contributed by atoms with Crippen LogP contribution in [0.25, 0.3) is 0 Å². The SMILES string of the molecule is CNC(C)(CO)CCCCOc1cccc(C)c1C. The van der Waals surface area contributed by atoms with Crippen molar-refractivity contribution in [1.82, 2.24) is 5.32 Å². The van der Waals surface area contributed by atoms with Gasteiger partial charge in [-0.25, -0.2) is 0 Å². The Balaban J connectivity index is 2.30. The zero-order valence-electron chi connectivity index (χ0n) is 12.6. The van der Waals surface area contributed by atoms with E-state index in [9.17, 15) is 5.11 Å².